The van der Waals surface area contributed by atoms with E-state index in [4.69, 9.17) is 23.6 Å². The highest BCUT2D eigenvalue weighted by Crippen LogP contribution is 2.43. The van der Waals surface area contributed by atoms with Gasteiger partial charge in [0, 0.05) is 13.0 Å². The predicted octanol–water partition coefficient (Wildman–Crippen LogP) is 12.1. The summed E-state index contributed by atoms with van der Waals surface area (Å²) >= 11 is 0. The van der Waals surface area contributed by atoms with Crippen LogP contribution in [0.1, 0.15) is 213 Å². The van der Waals surface area contributed by atoms with E-state index in [2.05, 4.69) is 26.0 Å². The number of unbranched alkanes of at least 4 members (excludes halogenated alkanes) is 27. The molecule has 0 aromatic carbocycles. The highest BCUT2D eigenvalue weighted by Gasteiger charge is 2.26. The molecular weight excluding hydrogens is 691 g/mol. The Kier molecular flexibility index (Phi) is 40.2. The minimum absolute atomic E-state index is 0.0537. The third-order valence-electron chi connectivity index (χ3n) is 9.70. The van der Waals surface area contributed by atoms with Gasteiger partial charge in [0.1, 0.15) is 12.2 Å². The average Bonchev–Trinajstić information content (AvgIpc) is 3.15. The van der Waals surface area contributed by atoms with E-state index >= 15 is 0 Å². The summed E-state index contributed by atoms with van der Waals surface area (Å²) in [6.07, 6.45) is 40.4. The molecule has 0 aliphatic carbocycles. The van der Waals surface area contributed by atoms with Crippen molar-refractivity contribution < 1.29 is 43.0 Å². The smallest absolute Gasteiger partial charge is 0.457 e. The zero-order chi connectivity index (χ0) is 38.9. The van der Waals surface area contributed by atoms with E-state index in [-0.39, 0.29) is 25.6 Å². The third-order valence-corrected chi connectivity index (χ3v) is 10.7. The molecule has 0 radical (unpaired) electrons. The summed E-state index contributed by atoms with van der Waals surface area (Å²) in [5.74, 6) is -0.382. The van der Waals surface area contributed by atoms with Crippen molar-refractivity contribution in [3.63, 3.8) is 0 Å². The quantitative estimate of drug-likeness (QED) is 0.0240. The number of phosphoric acid groups is 1. The van der Waals surface area contributed by atoms with E-state index in [0.29, 0.717) is 6.61 Å². The molecule has 3 unspecified atom stereocenters. The molecule has 9 nitrogen and oxygen atoms in total. The van der Waals surface area contributed by atoms with Crippen LogP contribution in [0.15, 0.2) is 12.2 Å². The zero-order valence-corrected chi connectivity index (χ0v) is 35.4. The fourth-order valence-corrected chi connectivity index (χ4v) is 7.08. The van der Waals surface area contributed by atoms with Crippen LogP contribution in [0.3, 0.4) is 0 Å². The number of hydrogen-bond donors (Lipinski definition) is 3. The number of phosphoric ester groups is 1. The maximum Gasteiger partial charge on any atom is 0.472 e. The van der Waals surface area contributed by atoms with Gasteiger partial charge in [0.2, 0.25) is 0 Å². The van der Waals surface area contributed by atoms with Gasteiger partial charge >= 0.3 is 13.8 Å². The van der Waals surface area contributed by atoms with Crippen molar-refractivity contribution in [2.45, 2.75) is 225 Å². The molecule has 0 bridgehead atoms. The fourth-order valence-electron chi connectivity index (χ4n) is 6.29. The van der Waals surface area contributed by atoms with E-state index in [9.17, 15) is 19.4 Å². The maximum atomic E-state index is 12.5. The van der Waals surface area contributed by atoms with Crippen LogP contribution in [-0.2, 0) is 27.9 Å². The standard InChI is InChI=1S/C43H85O9P/c1-3-5-7-9-11-13-15-16-17-18-19-20-21-22-23-24-25-26-28-30-32-34-36-49-39-42(40-51-53(47,48)50-38-41(45)37-44)52-43(46)35-33-31-29-27-14-12-10-8-6-4-2/h18-19,41-42,44-45H,3-17,20-40H2,1-2H3,(H,47,48)/b19-18-. The van der Waals surface area contributed by atoms with Gasteiger partial charge in [-0.05, 0) is 38.5 Å². The van der Waals surface area contributed by atoms with Gasteiger partial charge in [-0.2, -0.15) is 0 Å². The molecule has 0 rings (SSSR count). The summed E-state index contributed by atoms with van der Waals surface area (Å²) < 4.78 is 33.3. The summed E-state index contributed by atoms with van der Waals surface area (Å²) in [6.45, 7) is 3.53. The minimum Gasteiger partial charge on any atom is -0.457 e. The molecule has 3 N–H and O–H groups in total. The molecule has 0 amide bonds. The molecule has 10 heteroatoms. The van der Waals surface area contributed by atoms with Gasteiger partial charge in [0.25, 0.3) is 0 Å². The average molecular weight is 777 g/mol. The number of rotatable bonds is 43. The summed E-state index contributed by atoms with van der Waals surface area (Å²) in [6, 6.07) is 0. The van der Waals surface area contributed by atoms with Crippen LogP contribution in [0.4, 0.5) is 0 Å². The number of ether oxygens (including phenoxy) is 2. The Balaban J connectivity index is 4.02. The second kappa shape index (κ2) is 40.9. The molecule has 316 valence electrons. The van der Waals surface area contributed by atoms with Gasteiger partial charge in [-0.15, -0.1) is 0 Å². The van der Waals surface area contributed by atoms with Crippen LogP contribution in [0.25, 0.3) is 0 Å². The van der Waals surface area contributed by atoms with E-state index in [1.165, 1.54) is 154 Å². The van der Waals surface area contributed by atoms with Crippen LogP contribution in [0, 0.1) is 0 Å². The van der Waals surface area contributed by atoms with Crippen molar-refractivity contribution in [3.05, 3.63) is 12.2 Å². The SMILES string of the molecule is CCCCCCCCCC/C=C\CCCCCCCCCCCCOCC(COP(=O)(O)OCC(O)CO)OC(=O)CCCCCCCCCCCC. The van der Waals surface area contributed by atoms with Gasteiger partial charge in [0.15, 0.2) is 0 Å². The van der Waals surface area contributed by atoms with Gasteiger partial charge in [0.05, 0.1) is 26.4 Å². The van der Waals surface area contributed by atoms with Crippen molar-refractivity contribution in [1.82, 2.24) is 0 Å². The lowest BCUT2D eigenvalue weighted by molar-refractivity contribution is -0.154. The van der Waals surface area contributed by atoms with E-state index < -0.39 is 33.2 Å². The number of allylic oxidation sites excluding steroid dienone is 2. The first-order chi connectivity index (χ1) is 25.8. The highest BCUT2D eigenvalue weighted by atomic mass is 31.2. The lowest BCUT2D eigenvalue weighted by Gasteiger charge is -2.20. The molecule has 0 aromatic heterocycles. The van der Waals surface area contributed by atoms with Crippen molar-refractivity contribution in [1.29, 1.82) is 0 Å². The maximum absolute atomic E-state index is 12.5. The monoisotopic (exact) mass is 777 g/mol. The zero-order valence-electron chi connectivity index (χ0n) is 34.5. The van der Waals surface area contributed by atoms with Crippen LogP contribution in [0.5, 0.6) is 0 Å². The van der Waals surface area contributed by atoms with Crippen LogP contribution in [0.2, 0.25) is 0 Å². The van der Waals surface area contributed by atoms with Crippen LogP contribution in [-0.4, -0.2) is 66.3 Å². The predicted molar refractivity (Wildman–Crippen MR) is 219 cm³/mol. The first kappa shape index (κ1) is 52.2. The van der Waals surface area contributed by atoms with Gasteiger partial charge in [-0.3, -0.25) is 13.8 Å². The van der Waals surface area contributed by atoms with Crippen molar-refractivity contribution >= 4 is 13.8 Å². The third kappa shape index (κ3) is 40.7. The first-order valence-electron chi connectivity index (χ1n) is 22.2. The largest absolute Gasteiger partial charge is 0.472 e. The van der Waals surface area contributed by atoms with E-state index in [0.717, 1.165) is 38.5 Å². The van der Waals surface area contributed by atoms with Gasteiger partial charge in [-0.25, -0.2) is 4.57 Å². The van der Waals surface area contributed by atoms with Gasteiger partial charge in [-0.1, -0.05) is 180 Å². The summed E-state index contributed by atoms with van der Waals surface area (Å²) in [5.41, 5.74) is 0. The Hall–Kier alpha value is -0.800. The molecule has 0 aliphatic heterocycles. The molecule has 0 saturated carbocycles. The lowest BCUT2D eigenvalue weighted by atomic mass is 10.1. The van der Waals surface area contributed by atoms with Crippen molar-refractivity contribution in [2.75, 3.05) is 33.0 Å². The Morgan fingerprint density at radius 3 is 1.42 bits per heavy atom. The molecule has 0 aliphatic rings. The Morgan fingerprint density at radius 2 is 0.962 bits per heavy atom. The summed E-state index contributed by atoms with van der Waals surface area (Å²) in [4.78, 5) is 22.5. The molecular formula is C43H85O9P. The molecule has 53 heavy (non-hydrogen) atoms. The molecule has 0 fully saturated rings. The van der Waals surface area contributed by atoms with E-state index in [1.807, 2.05) is 0 Å². The molecule has 0 spiro atoms. The number of hydrogen-bond acceptors (Lipinski definition) is 8. The normalized spacial score (nSPS) is 14.1. The van der Waals surface area contributed by atoms with Crippen LogP contribution < -0.4 is 0 Å². The molecule has 0 heterocycles. The number of esters is 1. The number of carbonyl (C=O) groups excluding carboxylic acids is 1. The molecule has 0 aromatic rings. The number of aliphatic hydroxyl groups excluding tert-OH is 2. The fraction of sp³-hybridized carbons (Fsp3) is 0.930. The minimum atomic E-state index is -4.51. The molecule has 0 saturated heterocycles. The Morgan fingerprint density at radius 1 is 0.566 bits per heavy atom. The first-order valence-corrected chi connectivity index (χ1v) is 23.7. The van der Waals surface area contributed by atoms with Crippen LogP contribution >= 0.6 is 7.82 Å². The van der Waals surface area contributed by atoms with Gasteiger partial charge < -0.3 is 24.6 Å². The Bertz CT molecular complexity index is 841. The number of carbonyl (C=O) groups is 1. The summed E-state index contributed by atoms with van der Waals surface area (Å²) in [5, 5.41) is 18.3. The topological polar surface area (TPSA) is 132 Å². The number of aliphatic hydroxyl groups is 2. The second-order valence-electron chi connectivity index (χ2n) is 15.1. The lowest BCUT2D eigenvalue weighted by Crippen LogP contribution is -2.29. The van der Waals surface area contributed by atoms with Crippen molar-refractivity contribution in [3.8, 4) is 0 Å². The molecule has 3 atom stereocenters. The van der Waals surface area contributed by atoms with Crippen molar-refractivity contribution in [2.24, 2.45) is 0 Å². The Labute approximate surface area is 326 Å². The highest BCUT2D eigenvalue weighted by molar-refractivity contribution is 7.47. The summed E-state index contributed by atoms with van der Waals surface area (Å²) in [7, 11) is -4.51. The van der Waals surface area contributed by atoms with E-state index in [1.54, 1.807) is 0 Å². The second-order valence-corrected chi connectivity index (χ2v) is 16.5.